The van der Waals surface area contributed by atoms with Crippen molar-refractivity contribution in [1.82, 2.24) is 4.98 Å². The van der Waals surface area contributed by atoms with E-state index in [1.165, 1.54) is 21.5 Å². The number of hydrogen-bond donors (Lipinski definition) is 1. The van der Waals surface area contributed by atoms with Crippen molar-refractivity contribution in [3.05, 3.63) is 127 Å². The highest BCUT2D eigenvalue weighted by atomic mass is 32.2. The van der Waals surface area contributed by atoms with E-state index in [-0.39, 0.29) is 0 Å². The predicted octanol–water partition coefficient (Wildman–Crippen LogP) is 9.21. The Hall–Kier alpha value is -4.47. The number of nitrogens with one attached hydrogen (secondary N) is 1. The van der Waals surface area contributed by atoms with Crippen molar-refractivity contribution in [2.24, 2.45) is 0 Å². The molecule has 1 heterocycles. The van der Waals surface area contributed by atoms with Gasteiger partial charge in [-0.2, -0.15) is 0 Å². The average molecular weight is 508 g/mol. The minimum absolute atomic E-state index is 0.841. The van der Waals surface area contributed by atoms with Crippen LogP contribution in [0.1, 0.15) is 0 Å². The van der Waals surface area contributed by atoms with Crippen LogP contribution in [0.25, 0.3) is 66.0 Å². The lowest BCUT2D eigenvalue weighted by Crippen LogP contribution is -1.94. The fraction of sp³-hybridized carbons (Fsp3) is 0.0286. The average Bonchev–Trinajstić information content (AvgIpc) is 3.35. The number of benzene rings is 6. The molecule has 1 aromatic heterocycles. The van der Waals surface area contributed by atoms with Crippen molar-refractivity contribution < 1.29 is 4.21 Å². The van der Waals surface area contributed by atoms with Crippen LogP contribution < -0.4 is 0 Å². The Morgan fingerprint density at radius 2 is 1.21 bits per heavy atom. The van der Waals surface area contributed by atoms with E-state index in [0.717, 1.165) is 49.3 Å². The van der Waals surface area contributed by atoms with E-state index < -0.39 is 10.8 Å². The lowest BCUT2D eigenvalue weighted by molar-refractivity contribution is 0.687. The van der Waals surface area contributed by atoms with Gasteiger partial charge < -0.3 is 4.98 Å². The second-order valence-electron chi connectivity index (χ2n) is 9.71. The van der Waals surface area contributed by atoms with Gasteiger partial charge >= 0.3 is 0 Å². The van der Waals surface area contributed by atoms with Crippen LogP contribution >= 0.6 is 0 Å². The topological polar surface area (TPSA) is 32.9 Å². The summed E-state index contributed by atoms with van der Waals surface area (Å²) in [7, 11) is -1.14. The number of para-hydroxylation sites is 1. The normalized spacial score (nSPS) is 12.3. The molecule has 0 saturated carbocycles. The minimum Gasteiger partial charge on any atom is -0.354 e. The Labute approximate surface area is 224 Å². The summed E-state index contributed by atoms with van der Waals surface area (Å²) in [6.07, 6.45) is 1.76. The van der Waals surface area contributed by atoms with E-state index in [2.05, 4.69) is 120 Å². The molecular formula is C35H25NOS. The molecule has 7 aromatic rings. The third-order valence-electron chi connectivity index (χ3n) is 7.38. The van der Waals surface area contributed by atoms with E-state index >= 15 is 0 Å². The molecule has 0 bridgehead atoms. The van der Waals surface area contributed by atoms with Gasteiger partial charge in [-0.05, 0) is 75.0 Å². The maximum absolute atomic E-state index is 12.9. The predicted molar refractivity (Wildman–Crippen MR) is 162 cm³/mol. The molecule has 2 nitrogen and oxygen atoms in total. The van der Waals surface area contributed by atoms with Crippen LogP contribution in [0, 0.1) is 0 Å². The lowest BCUT2D eigenvalue weighted by atomic mass is 9.93. The molecule has 182 valence electrons. The van der Waals surface area contributed by atoms with Gasteiger partial charge in [-0.15, -0.1) is 0 Å². The Kier molecular flexibility index (Phi) is 5.45. The highest BCUT2D eigenvalue weighted by Gasteiger charge is 2.16. The monoisotopic (exact) mass is 507 g/mol. The first-order chi connectivity index (χ1) is 18.7. The van der Waals surface area contributed by atoms with Gasteiger partial charge in [0.15, 0.2) is 0 Å². The number of hydrogen-bond acceptors (Lipinski definition) is 1. The zero-order valence-corrected chi connectivity index (χ0v) is 21.8. The Bertz CT molecular complexity index is 2000. The SMILES string of the molecule is CS(=O)c1ccc(-c2ccc3ccccc3c2)cc1-c1cc(-c2ccccc2)c2[nH]c3ccccc3c2c1. The van der Waals surface area contributed by atoms with Gasteiger partial charge in [0.1, 0.15) is 0 Å². The number of fused-ring (bicyclic) bond motifs is 4. The van der Waals surface area contributed by atoms with Gasteiger partial charge in [0, 0.05) is 33.0 Å². The molecule has 1 atom stereocenters. The van der Waals surface area contributed by atoms with Crippen molar-refractivity contribution in [3.8, 4) is 33.4 Å². The fourth-order valence-corrected chi connectivity index (χ4v) is 6.25. The molecule has 1 unspecified atom stereocenters. The third-order valence-corrected chi connectivity index (χ3v) is 8.36. The Morgan fingerprint density at radius 1 is 0.526 bits per heavy atom. The summed E-state index contributed by atoms with van der Waals surface area (Å²) in [5.74, 6) is 0. The van der Waals surface area contributed by atoms with Crippen LogP contribution in [-0.4, -0.2) is 15.4 Å². The molecule has 0 amide bonds. The van der Waals surface area contributed by atoms with Crippen LogP contribution in [-0.2, 0) is 10.8 Å². The number of H-pyrrole nitrogens is 1. The van der Waals surface area contributed by atoms with E-state index in [1.807, 2.05) is 12.1 Å². The molecule has 3 heteroatoms. The van der Waals surface area contributed by atoms with E-state index in [0.29, 0.717) is 0 Å². The van der Waals surface area contributed by atoms with E-state index in [9.17, 15) is 4.21 Å². The Balaban J connectivity index is 1.50. The molecule has 0 aliphatic carbocycles. The molecule has 0 spiro atoms. The highest BCUT2D eigenvalue weighted by molar-refractivity contribution is 7.84. The summed E-state index contributed by atoms with van der Waals surface area (Å²) >= 11 is 0. The van der Waals surface area contributed by atoms with Crippen LogP contribution in [0.4, 0.5) is 0 Å². The van der Waals surface area contributed by atoms with Gasteiger partial charge in [-0.3, -0.25) is 4.21 Å². The molecule has 0 aliphatic rings. The summed E-state index contributed by atoms with van der Waals surface area (Å²) in [4.78, 5) is 4.50. The smallest absolute Gasteiger partial charge is 0.0544 e. The van der Waals surface area contributed by atoms with Gasteiger partial charge in [-0.1, -0.05) is 91.0 Å². The van der Waals surface area contributed by atoms with Crippen LogP contribution in [0.5, 0.6) is 0 Å². The molecule has 0 fully saturated rings. The maximum atomic E-state index is 12.9. The first-order valence-electron chi connectivity index (χ1n) is 12.7. The molecule has 0 aliphatic heterocycles. The van der Waals surface area contributed by atoms with E-state index in [4.69, 9.17) is 0 Å². The summed E-state index contributed by atoms with van der Waals surface area (Å²) in [5, 5.41) is 4.79. The molecular weight excluding hydrogens is 482 g/mol. The summed E-state index contributed by atoms with van der Waals surface area (Å²) in [5.41, 5.74) is 8.84. The second kappa shape index (κ2) is 9.13. The van der Waals surface area contributed by atoms with Gasteiger partial charge in [0.25, 0.3) is 0 Å². The van der Waals surface area contributed by atoms with E-state index in [1.54, 1.807) is 6.26 Å². The number of rotatable bonds is 4. The summed E-state index contributed by atoms with van der Waals surface area (Å²) in [6, 6.07) is 44.7. The van der Waals surface area contributed by atoms with Crippen molar-refractivity contribution in [2.45, 2.75) is 4.90 Å². The lowest BCUT2D eigenvalue weighted by Gasteiger charge is -2.14. The quantitative estimate of drug-likeness (QED) is 0.253. The van der Waals surface area contributed by atoms with Gasteiger partial charge in [0.05, 0.1) is 16.3 Å². The fourth-order valence-electron chi connectivity index (χ4n) is 5.51. The van der Waals surface area contributed by atoms with Gasteiger partial charge in [-0.25, -0.2) is 0 Å². The summed E-state index contributed by atoms with van der Waals surface area (Å²) < 4.78 is 12.9. The second-order valence-corrected chi connectivity index (χ2v) is 11.1. The van der Waals surface area contributed by atoms with Crippen LogP contribution in [0.3, 0.4) is 0 Å². The first kappa shape index (κ1) is 22.7. The first-order valence-corrected chi connectivity index (χ1v) is 14.3. The molecule has 6 aromatic carbocycles. The third kappa shape index (κ3) is 3.84. The largest absolute Gasteiger partial charge is 0.354 e. The number of aromatic nitrogens is 1. The number of aromatic amines is 1. The van der Waals surface area contributed by atoms with Crippen LogP contribution in [0.2, 0.25) is 0 Å². The minimum atomic E-state index is -1.14. The zero-order valence-electron chi connectivity index (χ0n) is 20.9. The molecule has 0 saturated heterocycles. The summed E-state index contributed by atoms with van der Waals surface area (Å²) in [6.45, 7) is 0. The van der Waals surface area contributed by atoms with Crippen molar-refractivity contribution in [2.75, 3.05) is 6.26 Å². The highest BCUT2D eigenvalue weighted by Crippen LogP contribution is 2.40. The van der Waals surface area contributed by atoms with Crippen LogP contribution in [0.15, 0.2) is 132 Å². The maximum Gasteiger partial charge on any atom is 0.0544 e. The molecule has 1 N–H and O–H groups in total. The van der Waals surface area contributed by atoms with Gasteiger partial charge in [0.2, 0.25) is 0 Å². The zero-order chi connectivity index (χ0) is 25.6. The Morgan fingerprint density at radius 3 is 2.05 bits per heavy atom. The standard InChI is InChI=1S/C35H25NOS/c1-38(37)34-18-17-27(26-16-15-23-9-5-6-12-25(23)19-26)20-30(34)28-21-31(24-10-3-2-4-11-24)35-32(22-28)29-13-7-8-14-33(29)36-35/h2-22,36H,1H3. The van der Waals surface area contributed by atoms with Crippen molar-refractivity contribution >= 4 is 43.4 Å². The van der Waals surface area contributed by atoms with Crippen molar-refractivity contribution in [3.63, 3.8) is 0 Å². The molecule has 0 radical (unpaired) electrons. The molecule has 38 heavy (non-hydrogen) atoms. The van der Waals surface area contributed by atoms with Crippen molar-refractivity contribution in [1.29, 1.82) is 0 Å². The molecule has 7 rings (SSSR count).